The molecule has 130 valence electrons. The number of rotatable bonds is 4. The Labute approximate surface area is 154 Å². The molecule has 4 aliphatic rings. The van der Waals surface area contributed by atoms with E-state index in [1.807, 2.05) is 16.6 Å². The van der Waals surface area contributed by atoms with Gasteiger partial charge in [-0.25, -0.2) is 0 Å². The predicted molar refractivity (Wildman–Crippen MR) is 98.6 cm³/mol. The number of fused-ring (bicyclic) bond motifs is 1. The predicted octanol–water partition coefficient (Wildman–Crippen LogP) is 4.65. The maximum atomic E-state index is 5.46. The van der Waals surface area contributed by atoms with Crippen LogP contribution < -0.4 is 0 Å². The number of aromatic nitrogens is 4. The highest BCUT2D eigenvalue weighted by atomic mass is 32.2. The second kappa shape index (κ2) is 5.33. The first-order valence-corrected chi connectivity index (χ1v) is 11.0. The summed E-state index contributed by atoms with van der Waals surface area (Å²) in [6.45, 7) is 0. The van der Waals surface area contributed by atoms with Crippen LogP contribution in [-0.2, 0) is 5.75 Å². The summed E-state index contributed by atoms with van der Waals surface area (Å²) in [5.41, 5.74) is 0. The molecule has 0 unspecified atom stereocenters. The summed E-state index contributed by atoms with van der Waals surface area (Å²) < 4.78 is 7.88. The average molecular weight is 373 g/mol. The van der Waals surface area contributed by atoms with E-state index in [2.05, 4.69) is 27.1 Å². The van der Waals surface area contributed by atoms with Gasteiger partial charge in [0.25, 0.3) is 0 Å². The molecule has 4 saturated carbocycles. The topological polar surface area (TPSA) is 56.2 Å². The molecule has 4 fully saturated rings. The van der Waals surface area contributed by atoms with Crippen molar-refractivity contribution in [2.45, 2.75) is 49.0 Å². The highest BCUT2D eigenvalue weighted by molar-refractivity contribution is 7.99. The second-order valence-corrected chi connectivity index (χ2v) is 10.5. The first kappa shape index (κ1) is 14.8. The van der Waals surface area contributed by atoms with Gasteiger partial charge in [-0.15, -0.1) is 27.1 Å². The van der Waals surface area contributed by atoms with Gasteiger partial charge in [-0.05, 0) is 68.4 Å². The zero-order valence-electron chi connectivity index (χ0n) is 13.9. The van der Waals surface area contributed by atoms with Crippen LogP contribution in [0.15, 0.2) is 22.8 Å². The molecular weight excluding hydrogens is 352 g/mol. The van der Waals surface area contributed by atoms with Gasteiger partial charge in [0.15, 0.2) is 16.6 Å². The van der Waals surface area contributed by atoms with E-state index in [4.69, 9.17) is 4.42 Å². The van der Waals surface area contributed by atoms with Crippen LogP contribution in [0.1, 0.15) is 44.3 Å². The van der Waals surface area contributed by atoms with Crippen LogP contribution >= 0.6 is 23.1 Å². The van der Waals surface area contributed by atoms with E-state index in [1.54, 1.807) is 6.26 Å². The Morgan fingerprint density at radius 2 is 1.92 bits per heavy atom. The average Bonchev–Trinajstić information content (AvgIpc) is 3.29. The number of nitrogens with zero attached hydrogens (tertiary/aromatic N) is 4. The minimum Gasteiger partial charge on any atom is -0.462 e. The Hall–Kier alpha value is -1.34. The van der Waals surface area contributed by atoms with Crippen molar-refractivity contribution < 1.29 is 4.42 Å². The van der Waals surface area contributed by atoms with Crippen LogP contribution in [0.3, 0.4) is 0 Å². The molecule has 0 aromatic carbocycles. The van der Waals surface area contributed by atoms with Crippen LogP contribution in [0, 0.1) is 17.8 Å². The minimum atomic E-state index is 0.500. The molecule has 7 rings (SSSR count). The lowest BCUT2D eigenvalue weighted by molar-refractivity contribution is 0.0383. The van der Waals surface area contributed by atoms with E-state index >= 15 is 0 Å². The molecule has 0 saturated heterocycles. The third-order valence-electron chi connectivity index (χ3n) is 6.28. The smallest absolute Gasteiger partial charge is 0.235 e. The van der Waals surface area contributed by atoms with Gasteiger partial charge in [0, 0.05) is 4.75 Å². The van der Waals surface area contributed by atoms with Gasteiger partial charge in [-0.2, -0.15) is 4.52 Å². The van der Waals surface area contributed by atoms with Crippen molar-refractivity contribution in [3.05, 3.63) is 24.2 Å². The van der Waals surface area contributed by atoms with Crippen molar-refractivity contribution >= 4 is 28.1 Å². The van der Waals surface area contributed by atoms with E-state index in [0.717, 1.165) is 45.1 Å². The number of hydrogen-bond donors (Lipinski definition) is 0. The molecule has 4 bridgehead atoms. The fraction of sp³-hybridized carbons (Fsp3) is 0.611. The Morgan fingerprint density at radius 1 is 1.16 bits per heavy atom. The van der Waals surface area contributed by atoms with Gasteiger partial charge >= 0.3 is 0 Å². The highest BCUT2D eigenvalue weighted by Crippen LogP contribution is 2.61. The van der Waals surface area contributed by atoms with Crippen molar-refractivity contribution in [1.29, 1.82) is 0 Å². The van der Waals surface area contributed by atoms with Crippen molar-refractivity contribution in [1.82, 2.24) is 19.8 Å². The normalized spacial score (nSPS) is 33.5. The first-order chi connectivity index (χ1) is 12.3. The summed E-state index contributed by atoms with van der Waals surface area (Å²) in [6.07, 6.45) is 10.4. The van der Waals surface area contributed by atoms with Crippen LogP contribution in [0.2, 0.25) is 0 Å². The third kappa shape index (κ3) is 2.39. The van der Waals surface area contributed by atoms with Crippen molar-refractivity contribution in [3.63, 3.8) is 0 Å². The monoisotopic (exact) mass is 372 g/mol. The molecule has 3 aromatic rings. The summed E-state index contributed by atoms with van der Waals surface area (Å²) >= 11 is 3.67. The zero-order valence-corrected chi connectivity index (χ0v) is 15.6. The fourth-order valence-electron chi connectivity index (χ4n) is 5.67. The SMILES string of the molecule is c1coc(-c2nn3c(CSC45CC6CC(CC(C6)C4)C5)nnc3s2)c1. The molecule has 0 N–H and O–H groups in total. The van der Waals surface area contributed by atoms with Gasteiger partial charge < -0.3 is 4.42 Å². The third-order valence-corrected chi connectivity index (χ3v) is 8.71. The summed E-state index contributed by atoms with van der Waals surface area (Å²) in [7, 11) is 0. The molecule has 0 spiro atoms. The Bertz CT molecular complexity index is 878. The summed E-state index contributed by atoms with van der Waals surface area (Å²) in [4.78, 5) is 0.854. The molecular formula is C18H20N4OS2. The summed E-state index contributed by atoms with van der Waals surface area (Å²) in [6, 6.07) is 3.83. The highest BCUT2D eigenvalue weighted by Gasteiger charge is 2.51. The Morgan fingerprint density at radius 3 is 2.60 bits per heavy atom. The molecule has 3 aromatic heterocycles. The van der Waals surface area contributed by atoms with Gasteiger partial charge in [-0.3, -0.25) is 0 Å². The maximum absolute atomic E-state index is 5.46. The van der Waals surface area contributed by atoms with Gasteiger partial charge in [0.1, 0.15) is 0 Å². The maximum Gasteiger partial charge on any atom is 0.235 e. The van der Waals surface area contributed by atoms with Crippen LogP contribution in [0.5, 0.6) is 0 Å². The van der Waals surface area contributed by atoms with Crippen LogP contribution in [-0.4, -0.2) is 24.6 Å². The van der Waals surface area contributed by atoms with E-state index in [-0.39, 0.29) is 0 Å². The van der Waals surface area contributed by atoms with Crippen LogP contribution in [0.4, 0.5) is 0 Å². The van der Waals surface area contributed by atoms with Crippen molar-refractivity contribution in [2.75, 3.05) is 0 Å². The quantitative estimate of drug-likeness (QED) is 0.667. The molecule has 5 nitrogen and oxygen atoms in total. The van der Waals surface area contributed by atoms with Crippen molar-refractivity contribution in [2.24, 2.45) is 17.8 Å². The summed E-state index contributed by atoms with van der Waals surface area (Å²) in [5, 5.41) is 14.3. The first-order valence-electron chi connectivity index (χ1n) is 9.15. The van der Waals surface area contributed by atoms with E-state index in [0.29, 0.717) is 4.75 Å². The molecule has 0 atom stereocenters. The summed E-state index contributed by atoms with van der Waals surface area (Å²) in [5.74, 6) is 5.65. The number of thioether (sulfide) groups is 1. The lowest BCUT2D eigenvalue weighted by Crippen LogP contribution is -2.48. The van der Waals surface area contributed by atoms with Crippen molar-refractivity contribution in [3.8, 4) is 10.8 Å². The molecule has 7 heteroatoms. The molecule has 0 aliphatic heterocycles. The van der Waals surface area contributed by atoms with Gasteiger partial charge in [0.05, 0.1) is 12.0 Å². The van der Waals surface area contributed by atoms with Gasteiger partial charge in [0.2, 0.25) is 4.96 Å². The number of hydrogen-bond acceptors (Lipinski definition) is 6. The zero-order chi connectivity index (χ0) is 16.4. The molecule has 3 heterocycles. The minimum absolute atomic E-state index is 0.500. The Kier molecular flexibility index (Phi) is 3.15. The molecule has 0 radical (unpaired) electrons. The number of furan rings is 1. The van der Waals surface area contributed by atoms with E-state index in [9.17, 15) is 0 Å². The fourth-order valence-corrected chi connectivity index (χ4v) is 8.18. The van der Waals surface area contributed by atoms with Gasteiger partial charge in [-0.1, -0.05) is 11.3 Å². The largest absolute Gasteiger partial charge is 0.462 e. The molecule has 0 amide bonds. The lowest BCUT2D eigenvalue weighted by atomic mass is 9.56. The van der Waals surface area contributed by atoms with E-state index < -0.39 is 0 Å². The molecule has 25 heavy (non-hydrogen) atoms. The second-order valence-electron chi connectivity index (χ2n) is 8.08. The lowest BCUT2D eigenvalue weighted by Gasteiger charge is -2.56. The van der Waals surface area contributed by atoms with Crippen LogP contribution in [0.25, 0.3) is 15.7 Å². The Balaban J connectivity index is 1.25. The standard InChI is InChI=1S/C18H20N4OS2/c1-2-14(23-3-1)16-21-22-15(19-20-17(22)25-16)10-24-18-7-11-4-12(8-18)6-13(5-11)9-18/h1-3,11-13H,4-10H2. The molecule has 4 aliphatic carbocycles. The van der Waals surface area contributed by atoms with E-state index in [1.165, 1.54) is 49.9 Å².